The van der Waals surface area contributed by atoms with Crippen LogP contribution in [-0.2, 0) is 4.84 Å². The average Bonchev–Trinajstić information content (AvgIpc) is 3.25. The SMILES string of the molecule is O=c1ccc(C(=NO[C@H]2CCNC2)c2ccc(F)cc2F)cn1-c1c(Cl)cccc1Cl. The Kier molecular flexibility index (Phi) is 6.36. The molecule has 2 heterocycles. The van der Waals surface area contributed by atoms with Crippen LogP contribution in [0.1, 0.15) is 17.5 Å². The first-order valence-electron chi connectivity index (χ1n) is 9.51. The molecule has 0 radical (unpaired) electrons. The number of halogens is 4. The number of rotatable bonds is 5. The molecule has 3 aromatic rings. The summed E-state index contributed by atoms with van der Waals surface area (Å²) < 4.78 is 29.4. The van der Waals surface area contributed by atoms with Gasteiger partial charge >= 0.3 is 0 Å². The zero-order chi connectivity index (χ0) is 22.0. The predicted octanol–water partition coefficient (Wildman–Crippen LogP) is 4.55. The average molecular weight is 464 g/mol. The molecule has 1 fully saturated rings. The van der Waals surface area contributed by atoms with E-state index < -0.39 is 17.2 Å². The summed E-state index contributed by atoms with van der Waals surface area (Å²) in [6.07, 6.45) is 2.02. The van der Waals surface area contributed by atoms with Crippen LogP contribution in [0.2, 0.25) is 10.0 Å². The zero-order valence-electron chi connectivity index (χ0n) is 16.1. The van der Waals surface area contributed by atoms with Crippen molar-refractivity contribution < 1.29 is 13.6 Å². The molecule has 1 aromatic heterocycles. The molecule has 4 rings (SSSR count). The topological polar surface area (TPSA) is 55.6 Å². The van der Waals surface area contributed by atoms with Crippen LogP contribution < -0.4 is 10.9 Å². The van der Waals surface area contributed by atoms with Gasteiger partial charge in [-0.25, -0.2) is 8.78 Å². The third kappa shape index (κ3) is 4.63. The fraction of sp³-hybridized carbons (Fsp3) is 0.182. The summed E-state index contributed by atoms with van der Waals surface area (Å²) in [5, 5.41) is 7.87. The van der Waals surface area contributed by atoms with Crippen LogP contribution in [0.3, 0.4) is 0 Å². The van der Waals surface area contributed by atoms with Gasteiger partial charge in [-0.2, -0.15) is 0 Å². The summed E-state index contributed by atoms with van der Waals surface area (Å²) in [6.45, 7) is 1.40. The van der Waals surface area contributed by atoms with E-state index in [1.807, 2.05) is 0 Å². The molecule has 5 nitrogen and oxygen atoms in total. The number of hydrogen-bond donors (Lipinski definition) is 1. The van der Waals surface area contributed by atoms with Gasteiger partial charge < -0.3 is 10.2 Å². The van der Waals surface area contributed by atoms with Gasteiger partial charge in [0.2, 0.25) is 0 Å². The number of oxime groups is 1. The molecule has 2 aromatic carbocycles. The molecule has 160 valence electrons. The van der Waals surface area contributed by atoms with Crippen LogP contribution >= 0.6 is 23.2 Å². The van der Waals surface area contributed by atoms with Crippen molar-refractivity contribution in [1.29, 1.82) is 0 Å². The standard InChI is InChI=1S/C22H17Cl2F2N3O2/c23-17-2-1-3-18(24)22(17)29-12-13(4-7-20(29)30)21(28-31-15-8-9-27-11-15)16-6-5-14(25)10-19(16)26/h1-7,10,12,15,27H,8-9,11H2/t15-/m0/s1. The minimum Gasteiger partial charge on any atom is -0.391 e. The maximum absolute atomic E-state index is 14.6. The fourth-order valence-corrected chi connectivity index (χ4v) is 3.88. The number of nitrogens with one attached hydrogen (secondary N) is 1. The Morgan fingerprint density at radius 1 is 1.13 bits per heavy atom. The van der Waals surface area contributed by atoms with E-state index in [0.29, 0.717) is 12.1 Å². The lowest BCUT2D eigenvalue weighted by molar-refractivity contribution is 0.0738. The van der Waals surface area contributed by atoms with E-state index in [0.717, 1.165) is 25.1 Å². The van der Waals surface area contributed by atoms with Gasteiger partial charge in [-0.15, -0.1) is 0 Å². The second-order valence-electron chi connectivity index (χ2n) is 6.98. The van der Waals surface area contributed by atoms with Gasteiger partial charge in [0.1, 0.15) is 23.5 Å². The summed E-state index contributed by atoms with van der Waals surface area (Å²) in [6, 6.07) is 10.8. The van der Waals surface area contributed by atoms with E-state index in [9.17, 15) is 13.6 Å². The Bertz CT molecular complexity index is 1190. The van der Waals surface area contributed by atoms with E-state index in [1.54, 1.807) is 18.2 Å². The predicted molar refractivity (Wildman–Crippen MR) is 116 cm³/mol. The molecule has 0 amide bonds. The molecule has 0 spiro atoms. The molecule has 0 bridgehead atoms. The first kappa shape index (κ1) is 21.5. The molecular weight excluding hydrogens is 447 g/mol. The number of hydrogen-bond acceptors (Lipinski definition) is 4. The third-order valence-corrected chi connectivity index (χ3v) is 5.47. The Morgan fingerprint density at radius 2 is 1.90 bits per heavy atom. The minimum absolute atomic E-state index is 0.0304. The lowest BCUT2D eigenvalue weighted by Gasteiger charge is -2.14. The highest BCUT2D eigenvalue weighted by atomic mass is 35.5. The van der Waals surface area contributed by atoms with Gasteiger partial charge in [0, 0.05) is 42.4 Å². The second kappa shape index (κ2) is 9.18. The third-order valence-electron chi connectivity index (χ3n) is 4.86. The van der Waals surface area contributed by atoms with Crippen LogP contribution in [0.5, 0.6) is 0 Å². The lowest BCUT2D eigenvalue weighted by atomic mass is 10.0. The molecular formula is C22H17Cl2F2N3O2. The van der Waals surface area contributed by atoms with Crippen molar-refractivity contribution >= 4 is 28.9 Å². The smallest absolute Gasteiger partial charge is 0.255 e. The van der Waals surface area contributed by atoms with Crippen molar-refractivity contribution in [2.45, 2.75) is 12.5 Å². The van der Waals surface area contributed by atoms with Crippen LogP contribution in [0.15, 0.2) is 64.7 Å². The molecule has 1 saturated heterocycles. The highest BCUT2D eigenvalue weighted by Crippen LogP contribution is 2.28. The van der Waals surface area contributed by atoms with E-state index in [-0.39, 0.29) is 33.1 Å². The number of para-hydroxylation sites is 1. The number of aromatic nitrogens is 1. The maximum Gasteiger partial charge on any atom is 0.255 e. The van der Waals surface area contributed by atoms with Crippen molar-refractivity contribution in [2.24, 2.45) is 5.16 Å². The van der Waals surface area contributed by atoms with E-state index in [2.05, 4.69) is 10.5 Å². The molecule has 9 heteroatoms. The monoisotopic (exact) mass is 463 g/mol. The Morgan fingerprint density at radius 3 is 2.58 bits per heavy atom. The van der Waals surface area contributed by atoms with Gasteiger partial charge in [-0.1, -0.05) is 34.4 Å². The largest absolute Gasteiger partial charge is 0.391 e. The first-order chi connectivity index (χ1) is 14.9. The maximum atomic E-state index is 14.6. The second-order valence-corrected chi connectivity index (χ2v) is 7.79. The summed E-state index contributed by atoms with van der Waals surface area (Å²) in [7, 11) is 0. The minimum atomic E-state index is -0.805. The quantitative estimate of drug-likeness (QED) is 0.445. The molecule has 0 saturated carbocycles. The fourth-order valence-electron chi connectivity index (χ4n) is 3.31. The van der Waals surface area contributed by atoms with E-state index in [1.165, 1.54) is 29.0 Å². The van der Waals surface area contributed by atoms with Crippen LogP contribution in [0, 0.1) is 11.6 Å². The van der Waals surface area contributed by atoms with Crippen molar-refractivity contribution in [3.63, 3.8) is 0 Å². The van der Waals surface area contributed by atoms with Gasteiger partial charge in [0.05, 0.1) is 15.7 Å². The molecule has 1 atom stereocenters. The highest BCUT2D eigenvalue weighted by Gasteiger charge is 2.20. The summed E-state index contributed by atoms with van der Waals surface area (Å²) >= 11 is 12.5. The van der Waals surface area contributed by atoms with Crippen LogP contribution in [0.4, 0.5) is 8.78 Å². The molecule has 1 N–H and O–H groups in total. The summed E-state index contributed by atoms with van der Waals surface area (Å²) in [5.74, 6) is -1.52. The Labute approximate surface area is 186 Å². The first-order valence-corrected chi connectivity index (χ1v) is 10.3. The number of pyridine rings is 1. The van der Waals surface area contributed by atoms with Gasteiger partial charge in [0.25, 0.3) is 5.56 Å². The molecule has 31 heavy (non-hydrogen) atoms. The van der Waals surface area contributed by atoms with Crippen LogP contribution in [-0.4, -0.2) is 29.5 Å². The molecule has 0 aliphatic carbocycles. The van der Waals surface area contributed by atoms with Crippen LogP contribution in [0.25, 0.3) is 5.69 Å². The van der Waals surface area contributed by atoms with Crippen molar-refractivity contribution in [3.05, 3.63) is 97.9 Å². The van der Waals surface area contributed by atoms with Crippen molar-refractivity contribution in [2.75, 3.05) is 13.1 Å². The van der Waals surface area contributed by atoms with Gasteiger partial charge in [-0.3, -0.25) is 9.36 Å². The van der Waals surface area contributed by atoms with E-state index >= 15 is 0 Å². The Hall–Kier alpha value is -2.74. The number of benzene rings is 2. The normalized spacial score (nSPS) is 16.5. The summed E-state index contributed by atoms with van der Waals surface area (Å²) in [5.41, 5.74) is 0.410. The van der Waals surface area contributed by atoms with Gasteiger partial charge in [0.15, 0.2) is 0 Å². The Balaban J connectivity index is 1.85. The molecule has 0 unspecified atom stereocenters. The van der Waals surface area contributed by atoms with E-state index in [4.69, 9.17) is 28.0 Å². The molecule has 1 aliphatic heterocycles. The van der Waals surface area contributed by atoms with Crippen molar-refractivity contribution in [1.82, 2.24) is 9.88 Å². The van der Waals surface area contributed by atoms with Crippen molar-refractivity contribution in [3.8, 4) is 5.69 Å². The summed E-state index contributed by atoms with van der Waals surface area (Å²) in [4.78, 5) is 18.2. The zero-order valence-corrected chi connectivity index (χ0v) is 17.6. The van der Waals surface area contributed by atoms with Gasteiger partial charge in [-0.05, 0) is 36.9 Å². The number of nitrogens with zero attached hydrogens (tertiary/aromatic N) is 2. The lowest BCUT2D eigenvalue weighted by Crippen LogP contribution is -2.21. The highest BCUT2D eigenvalue weighted by molar-refractivity contribution is 6.37. The molecule has 1 aliphatic rings.